The average molecular weight is 299 g/mol. The molecular formula is C16H17N3OS. The summed E-state index contributed by atoms with van der Waals surface area (Å²) in [6.45, 7) is 0.824. The molecule has 0 saturated heterocycles. The number of hydrogen-bond acceptors (Lipinski definition) is 5. The van der Waals surface area contributed by atoms with Gasteiger partial charge in [0.1, 0.15) is 22.7 Å². The van der Waals surface area contributed by atoms with E-state index in [1.165, 1.54) is 35.1 Å². The summed E-state index contributed by atoms with van der Waals surface area (Å²) < 4.78 is 5.36. The lowest BCUT2D eigenvalue weighted by Crippen LogP contribution is -2.07. The van der Waals surface area contributed by atoms with Crippen molar-refractivity contribution in [2.75, 3.05) is 11.9 Å². The summed E-state index contributed by atoms with van der Waals surface area (Å²) in [5.41, 5.74) is 1.47. The van der Waals surface area contributed by atoms with Crippen LogP contribution in [0, 0.1) is 0 Å². The third-order valence-corrected chi connectivity index (χ3v) is 5.20. The molecule has 1 N–H and O–H groups in total. The number of hydrogen-bond donors (Lipinski definition) is 1. The predicted molar refractivity (Wildman–Crippen MR) is 85.0 cm³/mol. The first-order chi connectivity index (χ1) is 10.4. The van der Waals surface area contributed by atoms with Gasteiger partial charge in [-0.1, -0.05) is 0 Å². The lowest BCUT2D eigenvalue weighted by Gasteiger charge is -2.12. The molecule has 21 heavy (non-hydrogen) atoms. The first-order valence-electron chi connectivity index (χ1n) is 7.43. The first-order valence-corrected chi connectivity index (χ1v) is 8.25. The Labute approximate surface area is 127 Å². The minimum absolute atomic E-state index is 0.824. The van der Waals surface area contributed by atoms with Crippen LogP contribution in [0.3, 0.4) is 0 Å². The Kier molecular flexibility index (Phi) is 3.35. The van der Waals surface area contributed by atoms with E-state index >= 15 is 0 Å². The van der Waals surface area contributed by atoms with Crippen molar-refractivity contribution in [3.8, 4) is 0 Å². The maximum absolute atomic E-state index is 5.36. The molecule has 0 saturated carbocycles. The molecule has 3 aromatic rings. The van der Waals surface area contributed by atoms with Crippen LogP contribution in [0.15, 0.2) is 29.1 Å². The fraction of sp³-hybridized carbons (Fsp3) is 0.375. The van der Waals surface area contributed by atoms with Crippen LogP contribution in [0.1, 0.15) is 29.0 Å². The Balaban J connectivity index is 1.60. The van der Waals surface area contributed by atoms with E-state index in [1.54, 1.807) is 12.6 Å². The van der Waals surface area contributed by atoms with Gasteiger partial charge in [0.05, 0.1) is 11.6 Å². The van der Waals surface area contributed by atoms with Crippen molar-refractivity contribution >= 4 is 27.4 Å². The van der Waals surface area contributed by atoms with E-state index in [4.69, 9.17) is 4.42 Å². The molecule has 108 valence electrons. The molecule has 1 aliphatic rings. The zero-order valence-corrected chi connectivity index (χ0v) is 12.6. The summed E-state index contributed by atoms with van der Waals surface area (Å²) in [6, 6.07) is 3.93. The van der Waals surface area contributed by atoms with E-state index in [-0.39, 0.29) is 0 Å². The van der Waals surface area contributed by atoms with Gasteiger partial charge in [0.15, 0.2) is 0 Å². The normalized spacial score (nSPS) is 14.3. The highest BCUT2D eigenvalue weighted by Crippen LogP contribution is 2.37. The molecule has 0 bridgehead atoms. The van der Waals surface area contributed by atoms with Gasteiger partial charge in [0, 0.05) is 17.8 Å². The topological polar surface area (TPSA) is 51.0 Å². The minimum Gasteiger partial charge on any atom is -0.469 e. The Morgan fingerprint density at radius 2 is 2.19 bits per heavy atom. The lowest BCUT2D eigenvalue weighted by molar-refractivity contribution is 0.513. The average Bonchev–Trinajstić information content (AvgIpc) is 3.14. The zero-order valence-electron chi connectivity index (χ0n) is 11.8. The van der Waals surface area contributed by atoms with Crippen molar-refractivity contribution < 1.29 is 4.42 Å². The van der Waals surface area contributed by atoms with Gasteiger partial charge in [-0.2, -0.15) is 0 Å². The van der Waals surface area contributed by atoms with Gasteiger partial charge < -0.3 is 9.73 Å². The zero-order chi connectivity index (χ0) is 14.1. The maximum atomic E-state index is 5.36. The summed E-state index contributed by atoms with van der Waals surface area (Å²) in [7, 11) is 0. The fourth-order valence-corrected chi connectivity index (χ4v) is 4.21. The quantitative estimate of drug-likeness (QED) is 0.795. The number of furan rings is 1. The monoisotopic (exact) mass is 299 g/mol. The molecule has 5 heteroatoms. The predicted octanol–water partition coefficient (Wildman–Crippen LogP) is 3.82. The molecule has 3 heterocycles. The van der Waals surface area contributed by atoms with Gasteiger partial charge in [0.2, 0.25) is 0 Å². The third kappa shape index (κ3) is 2.42. The van der Waals surface area contributed by atoms with Crippen molar-refractivity contribution in [1.29, 1.82) is 0 Å². The van der Waals surface area contributed by atoms with Crippen LogP contribution in [-0.4, -0.2) is 16.5 Å². The van der Waals surface area contributed by atoms with Gasteiger partial charge in [-0.15, -0.1) is 11.3 Å². The fourth-order valence-electron chi connectivity index (χ4n) is 2.98. The number of nitrogens with zero attached hydrogens (tertiary/aromatic N) is 2. The Bertz CT molecular complexity index is 748. The molecule has 0 spiro atoms. The lowest BCUT2D eigenvalue weighted by atomic mass is 9.97. The van der Waals surface area contributed by atoms with Crippen LogP contribution in [0.25, 0.3) is 10.2 Å². The SMILES string of the molecule is c1coc(CCNc2ncnc3sc4c(c23)CCCC4)c1. The molecule has 1 aliphatic carbocycles. The number of rotatable bonds is 4. The van der Waals surface area contributed by atoms with Crippen LogP contribution in [0.5, 0.6) is 0 Å². The van der Waals surface area contributed by atoms with Gasteiger partial charge in [0.25, 0.3) is 0 Å². The van der Waals surface area contributed by atoms with Crippen LogP contribution in [0.2, 0.25) is 0 Å². The molecule has 0 fully saturated rings. The number of aryl methyl sites for hydroxylation is 2. The highest BCUT2D eigenvalue weighted by Gasteiger charge is 2.19. The van der Waals surface area contributed by atoms with E-state index in [0.29, 0.717) is 0 Å². The summed E-state index contributed by atoms with van der Waals surface area (Å²) in [5.74, 6) is 1.98. The van der Waals surface area contributed by atoms with Gasteiger partial charge >= 0.3 is 0 Å². The number of nitrogens with one attached hydrogen (secondary N) is 1. The number of fused-ring (bicyclic) bond motifs is 3. The largest absolute Gasteiger partial charge is 0.469 e. The summed E-state index contributed by atoms with van der Waals surface area (Å²) in [6.07, 6.45) is 9.18. The molecule has 3 aromatic heterocycles. The smallest absolute Gasteiger partial charge is 0.138 e. The third-order valence-electron chi connectivity index (χ3n) is 4.00. The summed E-state index contributed by atoms with van der Waals surface area (Å²) in [4.78, 5) is 11.5. The molecule has 4 nitrogen and oxygen atoms in total. The molecular weight excluding hydrogens is 282 g/mol. The molecule has 0 amide bonds. The standard InChI is InChI=1S/C16H17N3OS/c1-2-6-13-12(5-1)14-15(18-10-19-16(14)21-13)17-8-7-11-4-3-9-20-11/h3-4,9-10H,1-2,5-8H2,(H,17,18,19). The van der Waals surface area contributed by atoms with Gasteiger partial charge in [-0.05, 0) is 43.4 Å². The molecule has 4 rings (SSSR count). The number of aromatic nitrogens is 2. The highest BCUT2D eigenvalue weighted by atomic mass is 32.1. The van der Waals surface area contributed by atoms with Crippen molar-refractivity contribution in [3.63, 3.8) is 0 Å². The number of anilines is 1. The first kappa shape index (κ1) is 12.8. The highest BCUT2D eigenvalue weighted by molar-refractivity contribution is 7.19. The maximum Gasteiger partial charge on any atom is 0.138 e. The molecule has 0 aliphatic heterocycles. The van der Waals surface area contributed by atoms with Crippen LogP contribution >= 0.6 is 11.3 Å². The van der Waals surface area contributed by atoms with E-state index < -0.39 is 0 Å². The summed E-state index contributed by atoms with van der Waals surface area (Å²) >= 11 is 1.84. The Hall–Kier alpha value is -1.88. The minimum atomic E-state index is 0.824. The van der Waals surface area contributed by atoms with E-state index in [1.807, 2.05) is 23.5 Å². The van der Waals surface area contributed by atoms with Crippen molar-refractivity contribution in [1.82, 2.24) is 9.97 Å². The van der Waals surface area contributed by atoms with E-state index in [2.05, 4.69) is 15.3 Å². The van der Waals surface area contributed by atoms with Gasteiger partial charge in [-0.25, -0.2) is 9.97 Å². The van der Waals surface area contributed by atoms with Gasteiger partial charge in [-0.3, -0.25) is 0 Å². The van der Waals surface area contributed by atoms with E-state index in [9.17, 15) is 0 Å². The summed E-state index contributed by atoms with van der Waals surface area (Å²) in [5, 5.41) is 4.70. The second-order valence-electron chi connectivity index (χ2n) is 5.37. The van der Waals surface area contributed by atoms with Crippen molar-refractivity contribution in [2.45, 2.75) is 32.1 Å². The van der Waals surface area contributed by atoms with Crippen LogP contribution in [0.4, 0.5) is 5.82 Å². The molecule has 0 atom stereocenters. The molecule has 0 unspecified atom stereocenters. The Morgan fingerprint density at radius 3 is 3.10 bits per heavy atom. The van der Waals surface area contributed by atoms with Crippen LogP contribution in [-0.2, 0) is 19.3 Å². The Morgan fingerprint density at radius 1 is 1.24 bits per heavy atom. The number of thiophene rings is 1. The van der Waals surface area contributed by atoms with Crippen LogP contribution < -0.4 is 5.32 Å². The van der Waals surface area contributed by atoms with Crippen molar-refractivity contribution in [3.05, 3.63) is 40.9 Å². The van der Waals surface area contributed by atoms with E-state index in [0.717, 1.165) is 35.8 Å². The molecule has 0 aromatic carbocycles. The van der Waals surface area contributed by atoms with Crippen molar-refractivity contribution in [2.24, 2.45) is 0 Å². The second kappa shape index (κ2) is 5.48. The second-order valence-corrected chi connectivity index (χ2v) is 6.45. The molecule has 0 radical (unpaired) electrons.